The second-order valence-corrected chi connectivity index (χ2v) is 7.37. The number of nitrogens with two attached hydrogens (primary N) is 1. The Hall–Kier alpha value is -0.950. The molecular formula is C15H27N3O2S. The van der Waals surface area contributed by atoms with Crippen LogP contribution in [0.1, 0.15) is 31.4 Å². The van der Waals surface area contributed by atoms with Crippen LogP contribution in [0.25, 0.3) is 0 Å². The van der Waals surface area contributed by atoms with E-state index in [2.05, 4.69) is 23.5 Å². The van der Waals surface area contributed by atoms with E-state index in [9.17, 15) is 8.42 Å². The van der Waals surface area contributed by atoms with Gasteiger partial charge in [-0.25, -0.2) is 13.1 Å². The Bertz CT molecular complexity index is 556. The fourth-order valence-corrected chi connectivity index (χ4v) is 3.31. The fourth-order valence-electron chi connectivity index (χ4n) is 2.01. The van der Waals surface area contributed by atoms with Gasteiger partial charge < -0.3 is 10.6 Å². The quantitative estimate of drug-likeness (QED) is 0.713. The summed E-state index contributed by atoms with van der Waals surface area (Å²) in [7, 11) is -1.41. The zero-order valence-corrected chi connectivity index (χ0v) is 14.2. The van der Waals surface area contributed by atoms with Crippen molar-refractivity contribution in [1.82, 2.24) is 9.62 Å². The lowest BCUT2D eigenvalue weighted by atomic mass is 10.1. The van der Waals surface area contributed by atoms with Gasteiger partial charge in [0.2, 0.25) is 10.0 Å². The summed E-state index contributed by atoms with van der Waals surface area (Å²) in [5.74, 6) is 0. The van der Waals surface area contributed by atoms with Crippen molar-refractivity contribution in [3.63, 3.8) is 0 Å². The smallest absolute Gasteiger partial charge is 0.240 e. The van der Waals surface area contributed by atoms with Gasteiger partial charge in [0.05, 0.1) is 4.90 Å². The SMILES string of the molecule is Cc1cc(CN)ccc1S(=O)(=O)NCCCN(C)C(C)C. The Balaban J connectivity index is 2.62. The van der Waals surface area contributed by atoms with Gasteiger partial charge in [-0.3, -0.25) is 0 Å². The van der Waals surface area contributed by atoms with Crippen LogP contribution in [0.5, 0.6) is 0 Å². The van der Waals surface area contributed by atoms with Gasteiger partial charge in [-0.05, 0) is 58.0 Å². The summed E-state index contributed by atoms with van der Waals surface area (Å²) in [6, 6.07) is 5.67. The van der Waals surface area contributed by atoms with Crippen molar-refractivity contribution < 1.29 is 8.42 Å². The number of nitrogens with one attached hydrogen (secondary N) is 1. The number of benzene rings is 1. The molecule has 0 radical (unpaired) electrons. The lowest BCUT2D eigenvalue weighted by Gasteiger charge is -2.20. The molecule has 1 rings (SSSR count). The maximum atomic E-state index is 12.3. The lowest BCUT2D eigenvalue weighted by Crippen LogP contribution is -2.31. The van der Waals surface area contributed by atoms with Crippen LogP contribution in [0.3, 0.4) is 0 Å². The molecule has 0 amide bonds. The van der Waals surface area contributed by atoms with E-state index in [0.717, 1.165) is 24.1 Å². The topological polar surface area (TPSA) is 75.4 Å². The molecule has 0 atom stereocenters. The molecule has 120 valence electrons. The van der Waals surface area contributed by atoms with Gasteiger partial charge in [0.25, 0.3) is 0 Å². The maximum absolute atomic E-state index is 12.3. The Kier molecular flexibility index (Phi) is 6.80. The van der Waals surface area contributed by atoms with E-state index in [4.69, 9.17) is 5.73 Å². The molecule has 0 aliphatic rings. The summed E-state index contributed by atoms with van der Waals surface area (Å²) in [5, 5.41) is 0. The third kappa shape index (κ3) is 5.39. The van der Waals surface area contributed by atoms with Crippen LogP contribution in [0.4, 0.5) is 0 Å². The second kappa shape index (κ2) is 7.89. The van der Waals surface area contributed by atoms with Crippen molar-refractivity contribution in [2.75, 3.05) is 20.1 Å². The second-order valence-electron chi connectivity index (χ2n) is 5.63. The molecule has 0 spiro atoms. The van der Waals surface area contributed by atoms with Gasteiger partial charge in [-0.2, -0.15) is 0 Å². The third-order valence-corrected chi connectivity index (χ3v) is 5.25. The zero-order chi connectivity index (χ0) is 16.0. The number of hydrogen-bond donors (Lipinski definition) is 2. The highest BCUT2D eigenvalue weighted by Gasteiger charge is 2.16. The molecule has 0 aliphatic carbocycles. The summed E-state index contributed by atoms with van der Waals surface area (Å²) in [5.41, 5.74) is 7.22. The molecule has 3 N–H and O–H groups in total. The highest BCUT2D eigenvalue weighted by atomic mass is 32.2. The summed E-state index contributed by atoms with van der Waals surface area (Å²) in [4.78, 5) is 2.52. The average molecular weight is 313 g/mol. The molecule has 0 unspecified atom stereocenters. The van der Waals surface area contributed by atoms with E-state index in [0.29, 0.717) is 24.0 Å². The van der Waals surface area contributed by atoms with E-state index in [1.807, 2.05) is 13.1 Å². The first-order chi connectivity index (χ1) is 9.77. The number of sulfonamides is 1. The van der Waals surface area contributed by atoms with Gasteiger partial charge in [0.1, 0.15) is 0 Å². The molecule has 0 fully saturated rings. The van der Waals surface area contributed by atoms with Crippen molar-refractivity contribution >= 4 is 10.0 Å². The molecule has 0 saturated carbocycles. The van der Waals surface area contributed by atoms with Crippen LogP contribution in [0.15, 0.2) is 23.1 Å². The molecule has 0 aliphatic heterocycles. The molecule has 0 heterocycles. The number of aryl methyl sites for hydroxylation is 1. The first-order valence-electron chi connectivity index (χ1n) is 7.27. The van der Waals surface area contributed by atoms with Crippen LogP contribution >= 0.6 is 0 Å². The van der Waals surface area contributed by atoms with Gasteiger partial charge in [0.15, 0.2) is 0 Å². The molecule has 21 heavy (non-hydrogen) atoms. The van der Waals surface area contributed by atoms with Crippen LogP contribution < -0.4 is 10.5 Å². The van der Waals surface area contributed by atoms with E-state index >= 15 is 0 Å². The average Bonchev–Trinajstić information content (AvgIpc) is 2.42. The van der Waals surface area contributed by atoms with Gasteiger partial charge >= 0.3 is 0 Å². The van der Waals surface area contributed by atoms with Crippen molar-refractivity contribution in [2.24, 2.45) is 5.73 Å². The normalized spacial score (nSPS) is 12.3. The zero-order valence-electron chi connectivity index (χ0n) is 13.4. The van der Waals surface area contributed by atoms with Gasteiger partial charge in [-0.15, -0.1) is 0 Å². The fraction of sp³-hybridized carbons (Fsp3) is 0.600. The number of nitrogens with zero attached hydrogens (tertiary/aromatic N) is 1. The van der Waals surface area contributed by atoms with Crippen LogP contribution in [0, 0.1) is 6.92 Å². The van der Waals surface area contributed by atoms with Crippen LogP contribution in [-0.2, 0) is 16.6 Å². The number of rotatable bonds is 8. The number of hydrogen-bond acceptors (Lipinski definition) is 4. The first-order valence-corrected chi connectivity index (χ1v) is 8.75. The van der Waals surface area contributed by atoms with Crippen molar-refractivity contribution in [3.8, 4) is 0 Å². The summed E-state index contributed by atoms with van der Waals surface area (Å²) in [6.45, 7) is 7.75. The Labute approximate surface area is 128 Å². The summed E-state index contributed by atoms with van der Waals surface area (Å²) >= 11 is 0. The predicted molar refractivity (Wildman–Crippen MR) is 86.6 cm³/mol. The minimum absolute atomic E-state index is 0.330. The molecule has 0 saturated heterocycles. The van der Waals surface area contributed by atoms with E-state index < -0.39 is 10.0 Å². The van der Waals surface area contributed by atoms with E-state index in [-0.39, 0.29) is 0 Å². The molecular weight excluding hydrogens is 286 g/mol. The molecule has 1 aromatic carbocycles. The summed E-state index contributed by atoms with van der Waals surface area (Å²) in [6.07, 6.45) is 0.786. The van der Waals surface area contributed by atoms with Crippen LogP contribution in [0.2, 0.25) is 0 Å². The van der Waals surface area contributed by atoms with E-state index in [1.54, 1.807) is 19.1 Å². The standard InChI is InChI=1S/C15H27N3O2S/c1-12(2)18(4)9-5-8-17-21(19,20)15-7-6-14(11-16)10-13(15)3/h6-7,10,12,17H,5,8-9,11,16H2,1-4H3. The highest BCUT2D eigenvalue weighted by molar-refractivity contribution is 7.89. The Morgan fingerprint density at radius 2 is 2.00 bits per heavy atom. The monoisotopic (exact) mass is 313 g/mol. The predicted octanol–water partition coefficient (Wildman–Crippen LogP) is 1.46. The molecule has 1 aromatic rings. The largest absolute Gasteiger partial charge is 0.326 e. The molecule has 0 bridgehead atoms. The van der Waals surface area contributed by atoms with E-state index in [1.165, 1.54) is 0 Å². The van der Waals surface area contributed by atoms with Gasteiger partial charge in [-0.1, -0.05) is 12.1 Å². The highest BCUT2D eigenvalue weighted by Crippen LogP contribution is 2.16. The van der Waals surface area contributed by atoms with Crippen molar-refractivity contribution in [2.45, 2.75) is 44.7 Å². The van der Waals surface area contributed by atoms with Crippen molar-refractivity contribution in [1.29, 1.82) is 0 Å². The Morgan fingerprint density at radius 1 is 1.33 bits per heavy atom. The first kappa shape index (κ1) is 18.1. The van der Waals surface area contributed by atoms with Gasteiger partial charge in [0, 0.05) is 19.1 Å². The Morgan fingerprint density at radius 3 is 2.52 bits per heavy atom. The lowest BCUT2D eigenvalue weighted by molar-refractivity contribution is 0.271. The minimum Gasteiger partial charge on any atom is -0.326 e. The maximum Gasteiger partial charge on any atom is 0.240 e. The third-order valence-electron chi connectivity index (χ3n) is 3.63. The molecule has 0 aromatic heterocycles. The minimum atomic E-state index is -3.44. The van der Waals surface area contributed by atoms with Crippen LogP contribution in [-0.4, -0.2) is 39.5 Å². The van der Waals surface area contributed by atoms with Crippen molar-refractivity contribution in [3.05, 3.63) is 29.3 Å². The summed E-state index contributed by atoms with van der Waals surface area (Å²) < 4.78 is 27.2. The molecule has 5 nitrogen and oxygen atoms in total. The molecule has 6 heteroatoms.